The van der Waals surface area contributed by atoms with Gasteiger partial charge in [-0.05, 0) is 49.5 Å². The number of aromatic nitrogens is 2. The van der Waals surface area contributed by atoms with Gasteiger partial charge in [-0.25, -0.2) is 4.98 Å². The molecule has 6 heteroatoms. The first kappa shape index (κ1) is 17.2. The molecule has 5 nitrogen and oxygen atoms in total. The number of carbonyl (C=O) groups excluding carboxylic acids is 1. The maximum atomic E-state index is 13.0. The molecule has 0 saturated heterocycles. The lowest BCUT2D eigenvalue weighted by molar-refractivity contribution is -0.132. The van der Waals surface area contributed by atoms with E-state index in [1.54, 1.807) is 11.3 Å². The Morgan fingerprint density at radius 3 is 3.04 bits per heavy atom. The monoisotopic (exact) mass is 368 g/mol. The van der Waals surface area contributed by atoms with Gasteiger partial charge < -0.3 is 14.4 Å². The van der Waals surface area contributed by atoms with Gasteiger partial charge in [0.2, 0.25) is 5.91 Å². The SMILES string of the molecule is CN(C)CCC1CN(C(=O)Cc2csc3ccccc23)Cc2cncn21. The van der Waals surface area contributed by atoms with E-state index in [1.165, 1.54) is 10.1 Å². The summed E-state index contributed by atoms with van der Waals surface area (Å²) in [6.45, 7) is 2.41. The lowest BCUT2D eigenvalue weighted by atomic mass is 10.1. The highest BCUT2D eigenvalue weighted by atomic mass is 32.1. The van der Waals surface area contributed by atoms with Crippen LogP contribution in [-0.4, -0.2) is 52.4 Å². The van der Waals surface area contributed by atoms with Gasteiger partial charge in [0.05, 0.1) is 31.0 Å². The highest BCUT2D eigenvalue weighted by molar-refractivity contribution is 7.17. The molecule has 26 heavy (non-hydrogen) atoms. The van der Waals surface area contributed by atoms with Crippen molar-refractivity contribution >= 4 is 27.3 Å². The normalized spacial score (nSPS) is 17.0. The number of amides is 1. The van der Waals surface area contributed by atoms with E-state index >= 15 is 0 Å². The Balaban J connectivity index is 1.51. The van der Waals surface area contributed by atoms with Crippen LogP contribution >= 0.6 is 11.3 Å². The molecule has 0 saturated carbocycles. The Kier molecular flexibility index (Phi) is 4.78. The average molecular weight is 369 g/mol. The molecule has 0 spiro atoms. The van der Waals surface area contributed by atoms with E-state index in [9.17, 15) is 4.79 Å². The lowest BCUT2D eigenvalue weighted by Crippen LogP contribution is -2.42. The summed E-state index contributed by atoms with van der Waals surface area (Å²) in [5.74, 6) is 0.204. The molecule has 0 radical (unpaired) electrons. The molecule has 1 atom stereocenters. The summed E-state index contributed by atoms with van der Waals surface area (Å²) < 4.78 is 3.49. The van der Waals surface area contributed by atoms with E-state index < -0.39 is 0 Å². The first-order chi connectivity index (χ1) is 12.6. The van der Waals surface area contributed by atoms with E-state index in [-0.39, 0.29) is 5.91 Å². The number of nitrogens with zero attached hydrogens (tertiary/aromatic N) is 4. The Bertz CT molecular complexity index is 913. The standard InChI is InChI=1S/C20H24N4OS/c1-22(2)8-7-16-11-23(12-17-10-21-14-24(16)17)20(25)9-15-13-26-19-6-4-3-5-18(15)19/h3-6,10,13-14,16H,7-9,11-12H2,1-2H3. The molecule has 1 aliphatic rings. The Morgan fingerprint density at radius 1 is 1.35 bits per heavy atom. The molecule has 1 amide bonds. The number of benzene rings is 1. The van der Waals surface area contributed by atoms with Crippen LogP contribution in [0, 0.1) is 0 Å². The van der Waals surface area contributed by atoms with Crippen molar-refractivity contribution in [3.05, 3.63) is 53.4 Å². The molecule has 0 bridgehead atoms. The second kappa shape index (κ2) is 7.21. The van der Waals surface area contributed by atoms with E-state index in [4.69, 9.17) is 0 Å². The van der Waals surface area contributed by atoms with Crippen molar-refractivity contribution in [2.45, 2.75) is 25.4 Å². The Labute approximate surface area is 157 Å². The summed E-state index contributed by atoms with van der Waals surface area (Å²) in [5.41, 5.74) is 2.27. The van der Waals surface area contributed by atoms with Gasteiger partial charge in [0.1, 0.15) is 0 Å². The molecule has 3 aromatic rings. The third-order valence-electron chi connectivity index (χ3n) is 5.09. The number of hydrogen-bond donors (Lipinski definition) is 0. The molecule has 3 heterocycles. The molecule has 0 fully saturated rings. The molecule has 4 rings (SSSR count). The molecular weight excluding hydrogens is 344 g/mol. The van der Waals surface area contributed by atoms with Crippen LogP contribution in [0.2, 0.25) is 0 Å². The Hall–Kier alpha value is -2.18. The van der Waals surface area contributed by atoms with Crippen LogP contribution in [0.5, 0.6) is 0 Å². The number of rotatable bonds is 5. The van der Waals surface area contributed by atoms with Gasteiger partial charge >= 0.3 is 0 Å². The second-order valence-corrected chi connectivity index (χ2v) is 8.16. The van der Waals surface area contributed by atoms with Gasteiger partial charge in [-0.15, -0.1) is 11.3 Å². The summed E-state index contributed by atoms with van der Waals surface area (Å²) in [5, 5.41) is 3.33. The number of imidazole rings is 1. The van der Waals surface area contributed by atoms with Gasteiger partial charge in [-0.2, -0.15) is 0 Å². The third kappa shape index (κ3) is 3.39. The molecule has 1 aliphatic heterocycles. The summed E-state index contributed by atoms with van der Waals surface area (Å²) in [6.07, 6.45) is 5.28. The van der Waals surface area contributed by atoms with E-state index in [0.717, 1.165) is 30.8 Å². The van der Waals surface area contributed by atoms with Gasteiger partial charge in [-0.3, -0.25) is 4.79 Å². The average Bonchev–Trinajstić information content (AvgIpc) is 3.26. The van der Waals surface area contributed by atoms with Crippen molar-refractivity contribution in [2.24, 2.45) is 0 Å². The van der Waals surface area contributed by atoms with Crippen molar-refractivity contribution in [1.29, 1.82) is 0 Å². The minimum Gasteiger partial charge on any atom is -0.334 e. The zero-order valence-corrected chi connectivity index (χ0v) is 16.1. The van der Waals surface area contributed by atoms with Crippen LogP contribution < -0.4 is 0 Å². The van der Waals surface area contributed by atoms with Crippen molar-refractivity contribution in [2.75, 3.05) is 27.2 Å². The molecule has 0 aliphatic carbocycles. The summed E-state index contributed by atoms with van der Waals surface area (Å²) >= 11 is 1.71. The zero-order chi connectivity index (χ0) is 18.1. The molecule has 1 unspecified atom stereocenters. The van der Waals surface area contributed by atoms with Crippen LogP contribution in [0.25, 0.3) is 10.1 Å². The van der Waals surface area contributed by atoms with E-state index in [1.807, 2.05) is 29.6 Å². The predicted octanol–water partition coefficient (Wildman–Crippen LogP) is 3.18. The fraction of sp³-hybridized carbons (Fsp3) is 0.400. The van der Waals surface area contributed by atoms with E-state index in [2.05, 4.69) is 46.1 Å². The maximum absolute atomic E-state index is 13.0. The van der Waals surface area contributed by atoms with Gasteiger partial charge in [0.15, 0.2) is 0 Å². The summed E-state index contributed by atoms with van der Waals surface area (Å²) in [7, 11) is 4.17. The largest absolute Gasteiger partial charge is 0.334 e. The number of fused-ring (bicyclic) bond motifs is 2. The van der Waals surface area contributed by atoms with Crippen LogP contribution in [0.4, 0.5) is 0 Å². The fourth-order valence-corrected chi connectivity index (χ4v) is 4.62. The zero-order valence-electron chi connectivity index (χ0n) is 15.3. The first-order valence-corrected chi connectivity index (χ1v) is 9.88. The van der Waals surface area contributed by atoms with Gasteiger partial charge in [0.25, 0.3) is 0 Å². The highest BCUT2D eigenvalue weighted by Gasteiger charge is 2.28. The quantitative estimate of drug-likeness (QED) is 0.695. The van der Waals surface area contributed by atoms with Crippen LogP contribution in [0.1, 0.15) is 23.7 Å². The van der Waals surface area contributed by atoms with Gasteiger partial charge in [-0.1, -0.05) is 18.2 Å². The summed E-state index contributed by atoms with van der Waals surface area (Å²) in [6, 6.07) is 8.61. The number of thiophene rings is 1. The number of hydrogen-bond acceptors (Lipinski definition) is 4. The highest BCUT2D eigenvalue weighted by Crippen LogP contribution is 2.28. The summed E-state index contributed by atoms with van der Waals surface area (Å²) in [4.78, 5) is 21.5. The van der Waals surface area contributed by atoms with Crippen LogP contribution in [0.3, 0.4) is 0 Å². The number of carbonyl (C=O) groups is 1. The third-order valence-corrected chi connectivity index (χ3v) is 6.10. The van der Waals surface area contributed by atoms with Crippen molar-refractivity contribution in [3.8, 4) is 0 Å². The molecule has 2 aromatic heterocycles. The van der Waals surface area contributed by atoms with Crippen molar-refractivity contribution in [3.63, 3.8) is 0 Å². The van der Waals surface area contributed by atoms with Crippen molar-refractivity contribution < 1.29 is 4.79 Å². The Morgan fingerprint density at radius 2 is 2.19 bits per heavy atom. The molecule has 1 aromatic carbocycles. The second-order valence-electron chi connectivity index (χ2n) is 7.25. The fourth-order valence-electron chi connectivity index (χ4n) is 3.66. The van der Waals surface area contributed by atoms with Gasteiger partial charge in [0, 0.05) is 17.4 Å². The minimum atomic E-state index is 0.204. The molecular formula is C20H24N4OS. The minimum absolute atomic E-state index is 0.204. The molecule has 136 valence electrons. The molecule has 0 N–H and O–H groups in total. The maximum Gasteiger partial charge on any atom is 0.227 e. The first-order valence-electron chi connectivity index (χ1n) is 9.00. The topological polar surface area (TPSA) is 41.4 Å². The van der Waals surface area contributed by atoms with Crippen LogP contribution in [-0.2, 0) is 17.8 Å². The van der Waals surface area contributed by atoms with Crippen LogP contribution in [0.15, 0.2) is 42.2 Å². The smallest absolute Gasteiger partial charge is 0.227 e. The lowest BCUT2D eigenvalue weighted by Gasteiger charge is -2.35. The van der Waals surface area contributed by atoms with Crippen molar-refractivity contribution in [1.82, 2.24) is 19.4 Å². The predicted molar refractivity (Wildman–Crippen MR) is 105 cm³/mol. The van der Waals surface area contributed by atoms with E-state index in [0.29, 0.717) is 19.0 Å².